The van der Waals surface area contributed by atoms with Gasteiger partial charge in [0.25, 0.3) is 0 Å². The number of carboxylic acid groups (broad SMARTS) is 1. The monoisotopic (exact) mass is 662 g/mol. The Morgan fingerprint density at radius 3 is 2.40 bits per heavy atom. The van der Waals surface area contributed by atoms with Crippen LogP contribution in [-0.4, -0.2) is 31.5 Å². The summed E-state index contributed by atoms with van der Waals surface area (Å²) in [6.07, 6.45) is 2.03. The van der Waals surface area contributed by atoms with E-state index in [1.807, 2.05) is 17.6 Å². The van der Waals surface area contributed by atoms with Crippen LogP contribution < -0.4 is 4.74 Å². The van der Waals surface area contributed by atoms with Gasteiger partial charge in [-0.1, -0.05) is 57.9 Å². The van der Waals surface area contributed by atoms with Gasteiger partial charge in [0.1, 0.15) is 23.8 Å². The topological polar surface area (TPSA) is 97.7 Å². The predicted molar refractivity (Wildman–Crippen MR) is 176 cm³/mol. The quantitative estimate of drug-likeness (QED) is 0.161. The number of benzene rings is 3. The van der Waals surface area contributed by atoms with E-state index in [-0.39, 0.29) is 18.1 Å². The second-order valence-electron chi connectivity index (χ2n) is 11.9. The lowest BCUT2D eigenvalue weighted by molar-refractivity contribution is 0.0623. The van der Waals surface area contributed by atoms with Gasteiger partial charge in [0, 0.05) is 39.8 Å². The lowest BCUT2D eigenvalue weighted by Crippen LogP contribution is -2.26. The Hall–Kier alpha value is -3.93. The molecule has 0 amide bonds. The maximum Gasteiger partial charge on any atom is 0.335 e. The summed E-state index contributed by atoms with van der Waals surface area (Å²) in [4.78, 5) is 11.9. The molecule has 0 radical (unpaired) electrons. The van der Waals surface area contributed by atoms with E-state index >= 15 is 0 Å². The van der Waals surface area contributed by atoms with Crippen molar-refractivity contribution in [3.63, 3.8) is 0 Å². The maximum absolute atomic E-state index is 11.9. The first-order valence-corrected chi connectivity index (χ1v) is 15.5. The molecule has 2 N–H and O–H groups in total. The number of halogens is 3. The van der Waals surface area contributed by atoms with E-state index in [0.29, 0.717) is 55.3 Å². The number of fused-ring (bicyclic) bond motifs is 1. The molecule has 45 heavy (non-hydrogen) atoms. The molecule has 6 rings (SSSR count). The fraction of sp³-hybridized carbons (Fsp3) is 0.257. The highest BCUT2D eigenvalue weighted by molar-refractivity contribution is 6.39. The van der Waals surface area contributed by atoms with Gasteiger partial charge in [-0.2, -0.15) is 0 Å². The minimum absolute atomic E-state index is 0.105. The smallest absolute Gasteiger partial charge is 0.335 e. The molecular formula is C35H29Cl3N2O5. The molecule has 0 bridgehead atoms. The minimum Gasteiger partial charge on any atom is -0.489 e. The van der Waals surface area contributed by atoms with Gasteiger partial charge in [-0.15, -0.1) is 0 Å². The zero-order valence-corrected chi connectivity index (χ0v) is 27.0. The van der Waals surface area contributed by atoms with E-state index in [4.69, 9.17) is 44.1 Å². The lowest BCUT2D eigenvalue weighted by Gasteiger charge is -2.20. The highest BCUT2D eigenvalue weighted by atomic mass is 35.5. The van der Waals surface area contributed by atoms with Crippen LogP contribution in [0.25, 0.3) is 22.2 Å². The summed E-state index contributed by atoms with van der Waals surface area (Å²) in [5.41, 5.74) is 3.74. The van der Waals surface area contributed by atoms with Crippen LogP contribution in [0.4, 0.5) is 0 Å². The Bertz CT molecular complexity index is 2000. The van der Waals surface area contributed by atoms with Gasteiger partial charge in [-0.05, 0) is 76.1 Å². The second-order valence-corrected chi connectivity index (χ2v) is 13.1. The lowest BCUT2D eigenvalue weighted by atomic mass is 10.0. The number of ether oxygens (including phenoxy) is 1. The van der Waals surface area contributed by atoms with Gasteiger partial charge in [0.05, 0.1) is 43.9 Å². The minimum atomic E-state index is -1.06. The van der Waals surface area contributed by atoms with Gasteiger partial charge < -0.3 is 24.0 Å². The summed E-state index contributed by atoms with van der Waals surface area (Å²) in [6.45, 7) is 5.81. The van der Waals surface area contributed by atoms with Gasteiger partial charge in [-0.25, -0.2) is 4.79 Å². The van der Waals surface area contributed by atoms with Gasteiger partial charge in [0.2, 0.25) is 0 Å². The third-order valence-corrected chi connectivity index (χ3v) is 8.58. The Morgan fingerprint density at radius 2 is 1.76 bits per heavy atom. The van der Waals surface area contributed by atoms with Crippen LogP contribution in [0.3, 0.4) is 0 Å². The molecule has 2 aromatic heterocycles. The summed E-state index contributed by atoms with van der Waals surface area (Å²) < 4.78 is 13.8. The molecule has 5 aromatic rings. The van der Waals surface area contributed by atoms with Crippen LogP contribution in [0.1, 0.15) is 71.1 Å². The van der Waals surface area contributed by atoms with Crippen LogP contribution in [0, 0.1) is 18.8 Å². The zero-order chi connectivity index (χ0) is 32.0. The first-order chi connectivity index (χ1) is 21.4. The Labute approximate surface area is 275 Å². The van der Waals surface area contributed by atoms with Crippen LogP contribution in [0.15, 0.2) is 59.1 Å². The molecule has 1 aliphatic carbocycles. The number of aliphatic hydroxyl groups is 1. The number of aryl methyl sites for hydroxylation is 1. The first-order valence-electron chi connectivity index (χ1n) is 14.4. The normalized spacial score (nSPS) is 13.1. The predicted octanol–water partition coefficient (Wildman–Crippen LogP) is 8.89. The molecule has 1 fully saturated rings. The molecule has 10 heteroatoms. The number of rotatable bonds is 8. The maximum atomic E-state index is 11.9. The highest BCUT2D eigenvalue weighted by Crippen LogP contribution is 2.46. The van der Waals surface area contributed by atoms with Gasteiger partial charge in [0.15, 0.2) is 0 Å². The van der Waals surface area contributed by atoms with E-state index in [0.717, 1.165) is 35.2 Å². The Kier molecular flexibility index (Phi) is 8.36. The standard InChI is InChI=1S/C35H29Cl3N2O5/c1-19-13-25-22(14-23(34(41)42)15-30(25)40(19)18-35(2,3)43)10-7-20-11-12-24(16-29(20)38)44-17-26-32(39-45-33(26)21-8-9-21)31-27(36)5-4-6-28(31)37/h4-6,11-16,21,43H,8-9,17-18H2,1-3H3,(H,41,42). The van der Waals surface area contributed by atoms with Crippen molar-refractivity contribution in [3.8, 4) is 28.8 Å². The van der Waals surface area contributed by atoms with Gasteiger partial charge in [-0.3, -0.25) is 0 Å². The average Bonchev–Trinajstić information content (AvgIpc) is 3.66. The third-order valence-electron chi connectivity index (χ3n) is 7.64. The number of hydrogen-bond donors (Lipinski definition) is 2. The van der Waals surface area contributed by atoms with E-state index in [9.17, 15) is 15.0 Å². The van der Waals surface area contributed by atoms with E-state index < -0.39 is 11.6 Å². The fourth-order valence-electron chi connectivity index (χ4n) is 5.34. The van der Waals surface area contributed by atoms with E-state index in [2.05, 4.69) is 17.0 Å². The fourth-order valence-corrected chi connectivity index (χ4v) is 6.13. The van der Waals surface area contributed by atoms with Crippen molar-refractivity contribution >= 4 is 51.7 Å². The summed E-state index contributed by atoms with van der Waals surface area (Å²) in [6, 6.07) is 15.6. The summed E-state index contributed by atoms with van der Waals surface area (Å²) in [5, 5.41) is 26.6. The van der Waals surface area contributed by atoms with E-state index in [1.165, 1.54) is 0 Å². The molecule has 0 spiro atoms. The molecule has 0 atom stereocenters. The third kappa shape index (κ3) is 6.56. The largest absolute Gasteiger partial charge is 0.489 e. The zero-order valence-electron chi connectivity index (χ0n) is 24.7. The van der Waals surface area contributed by atoms with Crippen molar-refractivity contribution in [1.29, 1.82) is 0 Å². The number of nitrogens with zero attached hydrogens (tertiary/aromatic N) is 2. The number of carboxylic acids is 1. The molecule has 1 saturated carbocycles. The summed E-state index contributed by atoms with van der Waals surface area (Å²) in [7, 11) is 0. The molecule has 3 aromatic carbocycles. The SMILES string of the molecule is Cc1cc2c(C#Cc3ccc(OCc4c(-c5c(Cl)cccc5Cl)noc4C4CC4)cc3Cl)cc(C(=O)O)cc2n1CC(C)(C)O. The van der Waals surface area contributed by atoms with Gasteiger partial charge >= 0.3 is 5.97 Å². The number of aromatic nitrogens is 2. The molecular weight excluding hydrogens is 635 g/mol. The summed E-state index contributed by atoms with van der Waals surface area (Å²) >= 11 is 19.6. The Morgan fingerprint density at radius 1 is 1.04 bits per heavy atom. The molecule has 0 aliphatic heterocycles. The number of carbonyl (C=O) groups is 1. The van der Waals surface area contributed by atoms with Crippen molar-refractivity contribution in [1.82, 2.24) is 9.72 Å². The highest BCUT2D eigenvalue weighted by Gasteiger charge is 2.33. The van der Waals surface area contributed by atoms with Crippen LogP contribution in [0.2, 0.25) is 15.1 Å². The second kappa shape index (κ2) is 12.1. The molecule has 2 heterocycles. The van der Waals surface area contributed by atoms with Crippen molar-refractivity contribution in [2.24, 2.45) is 0 Å². The van der Waals surface area contributed by atoms with Crippen LogP contribution in [0.5, 0.6) is 5.75 Å². The molecule has 1 aliphatic rings. The number of hydrogen-bond acceptors (Lipinski definition) is 5. The van der Waals surface area contributed by atoms with E-state index in [1.54, 1.807) is 62.4 Å². The van der Waals surface area contributed by atoms with Crippen molar-refractivity contribution < 1.29 is 24.3 Å². The molecule has 7 nitrogen and oxygen atoms in total. The van der Waals surface area contributed by atoms with Crippen molar-refractivity contribution in [3.05, 3.63) is 103 Å². The Balaban J connectivity index is 1.29. The molecule has 0 saturated heterocycles. The first kappa shape index (κ1) is 31.1. The summed E-state index contributed by atoms with van der Waals surface area (Å²) in [5.74, 6) is 6.74. The van der Waals surface area contributed by atoms with Crippen molar-refractivity contribution in [2.75, 3.05) is 0 Å². The molecule has 230 valence electrons. The average molecular weight is 664 g/mol. The van der Waals surface area contributed by atoms with Crippen molar-refractivity contribution in [2.45, 2.75) is 58.3 Å². The molecule has 0 unspecified atom stereocenters. The van der Waals surface area contributed by atoms with Crippen LogP contribution >= 0.6 is 34.8 Å². The van der Waals surface area contributed by atoms with Crippen LogP contribution in [-0.2, 0) is 13.2 Å². The number of aromatic carboxylic acids is 1.